The highest BCUT2D eigenvalue weighted by molar-refractivity contribution is 5.83. The lowest BCUT2D eigenvalue weighted by molar-refractivity contribution is -0.128. The van der Waals surface area contributed by atoms with Crippen LogP contribution in [0.1, 0.15) is 26.2 Å². The van der Waals surface area contributed by atoms with E-state index in [1.54, 1.807) is 0 Å². The molecule has 2 amide bonds. The molecule has 0 spiro atoms. The van der Waals surface area contributed by atoms with Gasteiger partial charge in [0, 0.05) is 32.7 Å². The van der Waals surface area contributed by atoms with E-state index in [9.17, 15) is 9.59 Å². The minimum atomic E-state index is -0.0650. The third kappa shape index (κ3) is 4.61. The molecule has 0 radical (unpaired) electrons. The van der Waals surface area contributed by atoms with Gasteiger partial charge < -0.3 is 15.4 Å². The fourth-order valence-electron chi connectivity index (χ4n) is 1.63. The highest BCUT2D eigenvalue weighted by Gasteiger charge is 2.23. The van der Waals surface area contributed by atoms with E-state index >= 15 is 0 Å². The first-order chi connectivity index (χ1) is 7.74. The Bertz CT molecular complexity index is 233. The Kier molecular flexibility index (Phi) is 5.85. The number of hydrogen-bond acceptors (Lipinski definition) is 3. The van der Waals surface area contributed by atoms with Crippen molar-refractivity contribution in [1.29, 1.82) is 0 Å². The van der Waals surface area contributed by atoms with Gasteiger partial charge >= 0.3 is 0 Å². The van der Waals surface area contributed by atoms with E-state index in [0.717, 1.165) is 6.42 Å². The maximum atomic E-state index is 11.6. The minimum absolute atomic E-state index is 0.0384. The summed E-state index contributed by atoms with van der Waals surface area (Å²) in [5.41, 5.74) is 0. The average Bonchev–Trinajstić information content (AvgIpc) is 2.29. The Morgan fingerprint density at radius 3 is 3.06 bits per heavy atom. The first-order valence-corrected chi connectivity index (χ1v) is 5.86. The van der Waals surface area contributed by atoms with E-state index in [0.29, 0.717) is 39.1 Å². The Labute approximate surface area is 95.9 Å². The van der Waals surface area contributed by atoms with Gasteiger partial charge in [-0.15, -0.1) is 0 Å². The molecule has 0 aromatic carbocycles. The first kappa shape index (κ1) is 13.0. The molecule has 1 fully saturated rings. The van der Waals surface area contributed by atoms with Crippen LogP contribution in [0.15, 0.2) is 0 Å². The molecule has 0 saturated carbocycles. The maximum absolute atomic E-state index is 11.6. The van der Waals surface area contributed by atoms with E-state index < -0.39 is 0 Å². The molecular weight excluding hydrogens is 208 g/mol. The number of amides is 2. The molecule has 1 heterocycles. The summed E-state index contributed by atoms with van der Waals surface area (Å²) in [5, 5.41) is 5.56. The second-order valence-electron chi connectivity index (χ2n) is 3.88. The van der Waals surface area contributed by atoms with Crippen LogP contribution in [0.2, 0.25) is 0 Å². The lowest BCUT2D eigenvalue weighted by Crippen LogP contribution is -2.43. The minimum Gasteiger partial charge on any atom is -0.382 e. The summed E-state index contributed by atoms with van der Waals surface area (Å²) in [7, 11) is 0. The zero-order valence-electron chi connectivity index (χ0n) is 9.75. The quantitative estimate of drug-likeness (QED) is 0.631. The van der Waals surface area contributed by atoms with Crippen molar-refractivity contribution < 1.29 is 14.3 Å². The zero-order chi connectivity index (χ0) is 11.8. The standard InChI is InChI=1S/C11H20N2O3/c1-2-16-7-3-6-12-11(15)9-4-5-10(14)13-8-9/h9H,2-8H2,1H3,(H,12,15)(H,13,14). The molecule has 1 aliphatic heterocycles. The second kappa shape index (κ2) is 7.22. The molecule has 0 aromatic heterocycles. The van der Waals surface area contributed by atoms with Gasteiger partial charge in [-0.1, -0.05) is 0 Å². The molecule has 1 atom stereocenters. The molecular formula is C11H20N2O3. The van der Waals surface area contributed by atoms with Crippen molar-refractivity contribution in [1.82, 2.24) is 10.6 Å². The Morgan fingerprint density at radius 1 is 1.62 bits per heavy atom. The average molecular weight is 228 g/mol. The molecule has 0 aromatic rings. The monoisotopic (exact) mass is 228 g/mol. The zero-order valence-corrected chi connectivity index (χ0v) is 9.75. The number of rotatable bonds is 6. The van der Waals surface area contributed by atoms with Crippen LogP contribution in [-0.2, 0) is 14.3 Å². The molecule has 16 heavy (non-hydrogen) atoms. The molecule has 5 nitrogen and oxygen atoms in total. The smallest absolute Gasteiger partial charge is 0.224 e. The van der Waals surface area contributed by atoms with Gasteiger partial charge in [-0.2, -0.15) is 0 Å². The molecule has 5 heteroatoms. The van der Waals surface area contributed by atoms with Crippen molar-refractivity contribution in [2.24, 2.45) is 5.92 Å². The summed E-state index contributed by atoms with van der Waals surface area (Å²) in [4.78, 5) is 22.5. The van der Waals surface area contributed by atoms with E-state index in [2.05, 4.69) is 10.6 Å². The third-order valence-corrected chi connectivity index (χ3v) is 2.61. The van der Waals surface area contributed by atoms with Crippen molar-refractivity contribution in [2.45, 2.75) is 26.2 Å². The highest BCUT2D eigenvalue weighted by Crippen LogP contribution is 2.10. The summed E-state index contributed by atoms with van der Waals surface area (Å²) in [6.45, 7) is 4.45. The molecule has 1 aliphatic rings. The molecule has 92 valence electrons. The van der Waals surface area contributed by atoms with Crippen LogP contribution in [0.5, 0.6) is 0 Å². The largest absolute Gasteiger partial charge is 0.382 e. The lowest BCUT2D eigenvalue weighted by atomic mass is 9.98. The van der Waals surface area contributed by atoms with Crippen LogP contribution >= 0.6 is 0 Å². The van der Waals surface area contributed by atoms with Crippen molar-refractivity contribution >= 4 is 11.8 Å². The predicted molar refractivity (Wildman–Crippen MR) is 59.9 cm³/mol. The number of carbonyl (C=O) groups excluding carboxylic acids is 2. The third-order valence-electron chi connectivity index (χ3n) is 2.61. The number of hydrogen-bond donors (Lipinski definition) is 2. The van der Waals surface area contributed by atoms with Crippen LogP contribution < -0.4 is 10.6 Å². The van der Waals surface area contributed by atoms with Crippen molar-refractivity contribution in [3.8, 4) is 0 Å². The first-order valence-electron chi connectivity index (χ1n) is 5.86. The van der Waals surface area contributed by atoms with Crippen molar-refractivity contribution in [2.75, 3.05) is 26.3 Å². The highest BCUT2D eigenvalue weighted by atomic mass is 16.5. The summed E-state index contributed by atoms with van der Waals surface area (Å²) < 4.78 is 5.17. The van der Waals surface area contributed by atoms with Crippen molar-refractivity contribution in [3.05, 3.63) is 0 Å². The summed E-state index contributed by atoms with van der Waals surface area (Å²) >= 11 is 0. The maximum Gasteiger partial charge on any atom is 0.224 e. The molecule has 0 bridgehead atoms. The Hall–Kier alpha value is -1.10. The van der Waals surface area contributed by atoms with Gasteiger partial charge in [-0.05, 0) is 19.8 Å². The second-order valence-corrected chi connectivity index (χ2v) is 3.88. The molecule has 2 N–H and O–H groups in total. The predicted octanol–water partition coefficient (Wildman–Crippen LogP) is 0.0554. The number of piperidine rings is 1. The fraction of sp³-hybridized carbons (Fsp3) is 0.818. The van der Waals surface area contributed by atoms with Crippen molar-refractivity contribution in [3.63, 3.8) is 0 Å². The summed E-state index contributed by atoms with van der Waals surface area (Å²) in [6, 6.07) is 0. The van der Waals surface area contributed by atoms with Gasteiger partial charge in [-0.25, -0.2) is 0 Å². The Balaban J connectivity index is 2.08. The summed E-state index contributed by atoms with van der Waals surface area (Å²) in [6.07, 6.45) is 1.94. The molecule has 1 saturated heterocycles. The van der Waals surface area contributed by atoms with Gasteiger partial charge in [-0.3, -0.25) is 9.59 Å². The number of ether oxygens (including phenoxy) is 1. The van der Waals surface area contributed by atoms with Crippen LogP contribution in [0.25, 0.3) is 0 Å². The van der Waals surface area contributed by atoms with Gasteiger partial charge in [0.2, 0.25) is 11.8 Å². The van der Waals surface area contributed by atoms with Crippen LogP contribution in [0.4, 0.5) is 0 Å². The number of carbonyl (C=O) groups is 2. The van der Waals surface area contributed by atoms with Gasteiger partial charge in [0.1, 0.15) is 0 Å². The fourth-order valence-corrected chi connectivity index (χ4v) is 1.63. The number of nitrogens with one attached hydrogen (secondary N) is 2. The molecule has 1 unspecified atom stereocenters. The van der Waals surface area contributed by atoms with E-state index in [4.69, 9.17) is 4.74 Å². The van der Waals surface area contributed by atoms with Gasteiger partial charge in [0.05, 0.1) is 5.92 Å². The summed E-state index contributed by atoms with van der Waals surface area (Å²) in [5.74, 6) is 0.0155. The Morgan fingerprint density at radius 2 is 2.44 bits per heavy atom. The van der Waals surface area contributed by atoms with E-state index in [1.165, 1.54) is 0 Å². The van der Waals surface area contributed by atoms with E-state index in [-0.39, 0.29) is 17.7 Å². The lowest BCUT2D eigenvalue weighted by Gasteiger charge is -2.21. The van der Waals surface area contributed by atoms with Crippen LogP contribution in [0.3, 0.4) is 0 Å². The topological polar surface area (TPSA) is 67.4 Å². The molecule has 0 aliphatic carbocycles. The SMILES string of the molecule is CCOCCCNC(=O)C1CCC(=O)NC1. The normalized spacial score (nSPS) is 20.3. The van der Waals surface area contributed by atoms with Crippen LogP contribution in [-0.4, -0.2) is 38.1 Å². The van der Waals surface area contributed by atoms with E-state index in [1.807, 2.05) is 6.92 Å². The van der Waals surface area contributed by atoms with Gasteiger partial charge in [0.25, 0.3) is 0 Å². The van der Waals surface area contributed by atoms with Gasteiger partial charge in [0.15, 0.2) is 0 Å². The molecule has 1 rings (SSSR count). The van der Waals surface area contributed by atoms with Crippen LogP contribution in [0, 0.1) is 5.92 Å².